The first-order chi connectivity index (χ1) is 10.6. The zero-order valence-corrected chi connectivity index (χ0v) is 13.0. The van der Waals surface area contributed by atoms with Gasteiger partial charge in [0.2, 0.25) is 5.91 Å². The summed E-state index contributed by atoms with van der Waals surface area (Å²) in [6, 6.07) is 6.46. The first-order valence-electron chi connectivity index (χ1n) is 6.65. The van der Waals surface area contributed by atoms with E-state index in [0.717, 1.165) is 5.69 Å². The van der Waals surface area contributed by atoms with E-state index < -0.39 is 0 Å². The van der Waals surface area contributed by atoms with E-state index >= 15 is 0 Å². The van der Waals surface area contributed by atoms with Gasteiger partial charge in [0.1, 0.15) is 0 Å². The summed E-state index contributed by atoms with van der Waals surface area (Å²) in [4.78, 5) is 29.6. The summed E-state index contributed by atoms with van der Waals surface area (Å²) in [5.41, 5.74) is 0.777. The molecule has 8 heteroatoms. The predicted molar refractivity (Wildman–Crippen MR) is 86.5 cm³/mol. The number of carbonyl (C=O) groups is 2. The summed E-state index contributed by atoms with van der Waals surface area (Å²) in [7, 11) is 0. The number of carbonyl (C=O) groups excluding carboxylic acids is 2. The number of amides is 3. The molecule has 0 saturated carbocycles. The Bertz CT molecular complexity index is 675. The minimum absolute atomic E-state index is 0.0260. The van der Waals surface area contributed by atoms with Gasteiger partial charge in [0.05, 0.1) is 6.04 Å². The lowest BCUT2D eigenvalue weighted by atomic mass is 10.2. The van der Waals surface area contributed by atoms with Crippen molar-refractivity contribution in [1.82, 2.24) is 10.3 Å². The quantitative estimate of drug-likeness (QED) is 0.905. The predicted octanol–water partition coefficient (Wildman–Crippen LogP) is 2.72. The van der Waals surface area contributed by atoms with Gasteiger partial charge in [-0.25, -0.2) is 9.78 Å². The number of thiazole rings is 1. The van der Waals surface area contributed by atoms with Crippen LogP contribution in [0.5, 0.6) is 0 Å². The van der Waals surface area contributed by atoms with Crippen LogP contribution in [0.1, 0.15) is 6.42 Å². The third kappa shape index (κ3) is 3.37. The molecule has 0 spiro atoms. The molecule has 0 aliphatic carbocycles. The molecule has 1 aliphatic rings. The summed E-state index contributed by atoms with van der Waals surface area (Å²) in [5, 5.41) is 8.34. The number of hydrogen-bond acceptors (Lipinski definition) is 4. The van der Waals surface area contributed by atoms with Gasteiger partial charge in [-0.1, -0.05) is 11.6 Å². The standard InChI is InChI=1S/C14H13ClN4O2S/c15-9-1-3-11(4-2-9)19-8-10(7-12(19)20)17-13(21)18-14-16-5-6-22-14/h1-6,10H,7-8H2,(H2,16,17,18,21)/t10-/m0/s1. The zero-order chi connectivity index (χ0) is 15.5. The van der Waals surface area contributed by atoms with Gasteiger partial charge in [-0.05, 0) is 24.3 Å². The Hall–Kier alpha value is -2.12. The van der Waals surface area contributed by atoms with Gasteiger partial charge in [-0.15, -0.1) is 11.3 Å². The van der Waals surface area contributed by atoms with E-state index in [1.807, 2.05) is 0 Å². The number of halogens is 1. The second-order valence-electron chi connectivity index (χ2n) is 4.82. The van der Waals surface area contributed by atoms with Gasteiger partial charge in [-0.3, -0.25) is 10.1 Å². The van der Waals surface area contributed by atoms with Crippen LogP contribution in [0.25, 0.3) is 0 Å². The second-order valence-corrected chi connectivity index (χ2v) is 6.15. The van der Waals surface area contributed by atoms with Crippen molar-refractivity contribution >= 4 is 45.7 Å². The molecule has 6 nitrogen and oxygen atoms in total. The maximum absolute atomic E-state index is 12.1. The number of nitrogens with one attached hydrogen (secondary N) is 2. The van der Waals surface area contributed by atoms with Crippen molar-refractivity contribution in [3.05, 3.63) is 40.9 Å². The van der Waals surface area contributed by atoms with Crippen LogP contribution < -0.4 is 15.5 Å². The molecule has 114 valence electrons. The highest BCUT2D eigenvalue weighted by Gasteiger charge is 2.31. The highest BCUT2D eigenvalue weighted by molar-refractivity contribution is 7.13. The van der Waals surface area contributed by atoms with E-state index in [9.17, 15) is 9.59 Å². The van der Waals surface area contributed by atoms with Gasteiger partial charge < -0.3 is 10.2 Å². The number of nitrogens with zero attached hydrogens (tertiary/aromatic N) is 2. The molecule has 2 heterocycles. The number of hydrogen-bond donors (Lipinski definition) is 2. The van der Waals surface area contributed by atoms with Crippen molar-refractivity contribution in [2.75, 3.05) is 16.8 Å². The van der Waals surface area contributed by atoms with Crippen LogP contribution in [0.3, 0.4) is 0 Å². The molecule has 1 aliphatic heterocycles. The Balaban J connectivity index is 1.59. The van der Waals surface area contributed by atoms with Crippen LogP contribution >= 0.6 is 22.9 Å². The average Bonchev–Trinajstić information content (AvgIpc) is 3.10. The molecule has 1 aromatic carbocycles. The van der Waals surface area contributed by atoms with E-state index in [-0.39, 0.29) is 24.4 Å². The lowest BCUT2D eigenvalue weighted by Crippen LogP contribution is -2.39. The molecule has 0 bridgehead atoms. The number of urea groups is 1. The molecule has 2 N–H and O–H groups in total. The molecule has 0 radical (unpaired) electrons. The average molecular weight is 337 g/mol. The molecule has 1 atom stereocenters. The number of rotatable bonds is 3. The fraction of sp³-hybridized carbons (Fsp3) is 0.214. The molecule has 22 heavy (non-hydrogen) atoms. The Morgan fingerprint density at radius 2 is 2.14 bits per heavy atom. The normalized spacial score (nSPS) is 17.6. The Morgan fingerprint density at radius 3 is 2.82 bits per heavy atom. The maximum atomic E-state index is 12.1. The van der Waals surface area contributed by atoms with Crippen molar-refractivity contribution in [3.63, 3.8) is 0 Å². The maximum Gasteiger partial charge on any atom is 0.321 e. The summed E-state index contributed by atoms with van der Waals surface area (Å²) < 4.78 is 0. The minimum Gasteiger partial charge on any atom is -0.333 e. The van der Waals surface area contributed by atoms with E-state index in [0.29, 0.717) is 16.7 Å². The third-order valence-electron chi connectivity index (χ3n) is 3.25. The Kier molecular flexibility index (Phi) is 4.26. The lowest BCUT2D eigenvalue weighted by Gasteiger charge is -2.17. The monoisotopic (exact) mass is 336 g/mol. The van der Waals surface area contributed by atoms with Crippen molar-refractivity contribution in [3.8, 4) is 0 Å². The fourth-order valence-electron chi connectivity index (χ4n) is 2.28. The van der Waals surface area contributed by atoms with E-state index in [1.165, 1.54) is 11.3 Å². The van der Waals surface area contributed by atoms with Gasteiger partial charge in [-0.2, -0.15) is 0 Å². The molecule has 1 saturated heterocycles. The van der Waals surface area contributed by atoms with Crippen molar-refractivity contribution < 1.29 is 9.59 Å². The van der Waals surface area contributed by atoms with Crippen LogP contribution in [0.15, 0.2) is 35.8 Å². The first-order valence-corrected chi connectivity index (χ1v) is 7.90. The van der Waals surface area contributed by atoms with Crippen LogP contribution in [0.4, 0.5) is 15.6 Å². The van der Waals surface area contributed by atoms with Gasteiger partial charge in [0, 0.05) is 35.3 Å². The number of aromatic nitrogens is 1. The van der Waals surface area contributed by atoms with Gasteiger partial charge in [0.25, 0.3) is 0 Å². The third-order valence-corrected chi connectivity index (χ3v) is 4.19. The molecular formula is C14H13ClN4O2S. The molecular weight excluding hydrogens is 324 g/mol. The van der Waals surface area contributed by atoms with Crippen LogP contribution in [0, 0.1) is 0 Å². The Morgan fingerprint density at radius 1 is 1.36 bits per heavy atom. The lowest BCUT2D eigenvalue weighted by molar-refractivity contribution is -0.117. The molecule has 3 rings (SSSR count). The van der Waals surface area contributed by atoms with E-state index in [2.05, 4.69) is 15.6 Å². The van der Waals surface area contributed by atoms with Gasteiger partial charge >= 0.3 is 6.03 Å². The highest BCUT2D eigenvalue weighted by Crippen LogP contribution is 2.23. The molecule has 1 aromatic heterocycles. The smallest absolute Gasteiger partial charge is 0.321 e. The zero-order valence-electron chi connectivity index (χ0n) is 11.5. The van der Waals surface area contributed by atoms with Crippen LogP contribution in [-0.4, -0.2) is 29.5 Å². The minimum atomic E-state index is -0.356. The van der Waals surface area contributed by atoms with E-state index in [4.69, 9.17) is 11.6 Å². The van der Waals surface area contributed by atoms with Crippen LogP contribution in [0.2, 0.25) is 5.02 Å². The first kappa shape index (κ1) is 14.8. The summed E-state index contributed by atoms with van der Waals surface area (Å²) in [5.74, 6) is -0.0260. The van der Waals surface area contributed by atoms with Crippen molar-refractivity contribution in [1.29, 1.82) is 0 Å². The number of anilines is 2. The van der Waals surface area contributed by atoms with Crippen LogP contribution in [-0.2, 0) is 4.79 Å². The SMILES string of the molecule is O=C(Nc1nccs1)N[C@H]1CC(=O)N(c2ccc(Cl)cc2)C1. The molecule has 1 fully saturated rings. The fourth-order valence-corrected chi connectivity index (χ4v) is 2.93. The second kappa shape index (κ2) is 6.33. The summed E-state index contributed by atoms with van der Waals surface area (Å²) >= 11 is 7.18. The summed E-state index contributed by atoms with van der Waals surface area (Å²) in [6.45, 7) is 0.436. The largest absolute Gasteiger partial charge is 0.333 e. The van der Waals surface area contributed by atoms with Gasteiger partial charge in [0.15, 0.2) is 5.13 Å². The number of benzene rings is 1. The molecule has 2 aromatic rings. The highest BCUT2D eigenvalue weighted by atomic mass is 35.5. The van der Waals surface area contributed by atoms with E-state index in [1.54, 1.807) is 40.7 Å². The van der Waals surface area contributed by atoms with Crippen molar-refractivity contribution in [2.24, 2.45) is 0 Å². The summed E-state index contributed by atoms with van der Waals surface area (Å²) in [6.07, 6.45) is 1.88. The molecule has 3 amide bonds. The Labute approximate surface area is 136 Å². The topological polar surface area (TPSA) is 74.3 Å². The molecule has 0 unspecified atom stereocenters. The van der Waals surface area contributed by atoms with Crippen molar-refractivity contribution in [2.45, 2.75) is 12.5 Å².